The summed E-state index contributed by atoms with van der Waals surface area (Å²) in [6, 6.07) is 7.24. The highest BCUT2D eigenvalue weighted by molar-refractivity contribution is 5.77. The molecule has 1 aliphatic rings. The molecule has 1 aromatic carbocycles. The van der Waals surface area contributed by atoms with Gasteiger partial charge in [0.15, 0.2) is 0 Å². The average molecular weight is 259 g/mol. The molecular weight excluding hydrogens is 242 g/mol. The van der Waals surface area contributed by atoms with Gasteiger partial charge in [-0.05, 0) is 31.5 Å². The fourth-order valence-electron chi connectivity index (χ4n) is 2.63. The Balaban J connectivity index is 1.95. The zero-order valence-electron chi connectivity index (χ0n) is 10.6. The first-order chi connectivity index (χ1) is 9.16. The van der Waals surface area contributed by atoms with Gasteiger partial charge in [-0.25, -0.2) is 4.98 Å². The second-order valence-electron chi connectivity index (χ2n) is 5.21. The molecule has 100 valence electrons. The van der Waals surface area contributed by atoms with Crippen LogP contribution in [0.25, 0.3) is 10.9 Å². The van der Waals surface area contributed by atoms with Crippen LogP contribution in [0.1, 0.15) is 18.7 Å². The average Bonchev–Trinajstić information content (AvgIpc) is 2.39. The molecule has 0 unspecified atom stereocenters. The molecule has 0 radical (unpaired) electrons. The summed E-state index contributed by atoms with van der Waals surface area (Å²) < 4.78 is 0. The van der Waals surface area contributed by atoms with E-state index in [-0.39, 0.29) is 5.56 Å². The summed E-state index contributed by atoms with van der Waals surface area (Å²) in [7, 11) is 0. The number of fused-ring (bicyclic) bond motifs is 1. The number of aliphatic hydroxyl groups is 1. The van der Waals surface area contributed by atoms with Crippen LogP contribution >= 0.6 is 0 Å². The van der Waals surface area contributed by atoms with Crippen molar-refractivity contribution in [3.8, 4) is 0 Å². The zero-order valence-corrected chi connectivity index (χ0v) is 10.6. The summed E-state index contributed by atoms with van der Waals surface area (Å²) >= 11 is 0. The SMILES string of the molecule is O=c1[nH]c(C[C@@]2(O)CCCNC2)nc2ccccc12. The molecule has 1 aliphatic heterocycles. The van der Waals surface area contributed by atoms with E-state index in [0.29, 0.717) is 29.7 Å². The number of H-pyrrole nitrogens is 1. The van der Waals surface area contributed by atoms with E-state index in [4.69, 9.17) is 0 Å². The Morgan fingerprint density at radius 1 is 1.37 bits per heavy atom. The fourth-order valence-corrected chi connectivity index (χ4v) is 2.63. The molecule has 2 heterocycles. The van der Waals surface area contributed by atoms with Crippen LogP contribution in [0.15, 0.2) is 29.1 Å². The lowest BCUT2D eigenvalue weighted by atomic mass is 9.90. The van der Waals surface area contributed by atoms with Crippen LogP contribution in [0.2, 0.25) is 0 Å². The maximum absolute atomic E-state index is 12.0. The Hall–Kier alpha value is -1.72. The summed E-state index contributed by atoms with van der Waals surface area (Å²) in [4.78, 5) is 19.2. The second-order valence-corrected chi connectivity index (χ2v) is 5.21. The smallest absolute Gasteiger partial charge is 0.258 e. The van der Waals surface area contributed by atoms with Gasteiger partial charge in [-0.15, -0.1) is 0 Å². The van der Waals surface area contributed by atoms with E-state index in [2.05, 4.69) is 15.3 Å². The van der Waals surface area contributed by atoms with Crippen LogP contribution in [0.3, 0.4) is 0 Å². The topological polar surface area (TPSA) is 78.0 Å². The van der Waals surface area contributed by atoms with E-state index in [0.717, 1.165) is 19.4 Å². The lowest BCUT2D eigenvalue weighted by molar-refractivity contribution is 0.0152. The molecule has 5 heteroatoms. The van der Waals surface area contributed by atoms with Crippen LogP contribution in [-0.2, 0) is 6.42 Å². The number of hydrogen-bond acceptors (Lipinski definition) is 4. The van der Waals surface area contributed by atoms with Crippen molar-refractivity contribution in [2.45, 2.75) is 24.9 Å². The minimum absolute atomic E-state index is 0.145. The predicted molar refractivity (Wildman–Crippen MR) is 73.1 cm³/mol. The van der Waals surface area contributed by atoms with Gasteiger partial charge < -0.3 is 15.4 Å². The third kappa shape index (κ3) is 2.52. The quantitative estimate of drug-likeness (QED) is 0.737. The Morgan fingerprint density at radius 2 is 2.21 bits per heavy atom. The van der Waals surface area contributed by atoms with Gasteiger partial charge in [0.2, 0.25) is 0 Å². The van der Waals surface area contributed by atoms with Crippen molar-refractivity contribution in [3.05, 3.63) is 40.4 Å². The zero-order chi connectivity index (χ0) is 13.3. The van der Waals surface area contributed by atoms with E-state index in [1.165, 1.54) is 0 Å². The number of para-hydroxylation sites is 1. The van der Waals surface area contributed by atoms with Gasteiger partial charge in [-0.2, -0.15) is 0 Å². The number of β-amino-alcohol motifs (C(OH)–C–C–N with tert-alkyl or cyclic N) is 1. The maximum Gasteiger partial charge on any atom is 0.258 e. The molecule has 1 aromatic heterocycles. The van der Waals surface area contributed by atoms with Crippen molar-refractivity contribution < 1.29 is 5.11 Å². The number of nitrogens with one attached hydrogen (secondary N) is 2. The fraction of sp³-hybridized carbons (Fsp3) is 0.429. The number of hydrogen-bond donors (Lipinski definition) is 3. The molecule has 1 saturated heterocycles. The van der Waals surface area contributed by atoms with E-state index < -0.39 is 5.60 Å². The van der Waals surface area contributed by atoms with Crippen molar-refractivity contribution in [3.63, 3.8) is 0 Å². The number of aromatic nitrogens is 2. The van der Waals surface area contributed by atoms with Gasteiger partial charge in [0.25, 0.3) is 5.56 Å². The summed E-state index contributed by atoms with van der Waals surface area (Å²) in [5, 5.41) is 14.2. The number of nitrogens with zero attached hydrogens (tertiary/aromatic N) is 1. The van der Waals surface area contributed by atoms with Crippen LogP contribution in [0, 0.1) is 0 Å². The third-order valence-electron chi connectivity index (χ3n) is 3.61. The van der Waals surface area contributed by atoms with Crippen LogP contribution in [0.4, 0.5) is 0 Å². The molecule has 3 N–H and O–H groups in total. The molecule has 1 fully saturated rings. The third-order valence-corrected chi connectivity index (χ3v) is 3.61. The molecular formula is C14H17N3O2. The number of aromatic amines is 1. The Morgan fingerprint density at radius 3 is 3.00 bits per heavy atom. The molecule has 0 aliphatic carbocycles. The van der Waals surface area contributed by atoms with Gasteiger partial charge in [0.05, 0.1) is 16.5 Å². The molecule has 1 atom stereocenters. The largest absolute Gasteiger partial charge is 0.388 e. The molecule has 19 heavy (non-hydrogen) atoms. The molecule has 0 spiro atoms. The molecule has 0 saturated carbocycles. The highest BCUT2D eigenvalue weighted by atomic mass is 16.3. The standard InChI is InChI=1S/C14H17N3O2/c18-13-10-4-1-2-5-11(10)16-12(17-13)8-14(19)6-3-7-15-9-14/h1-2,4-5,15,19H,3,6-9H2,(H,16,17,18)/t14-/m0/s1. The highest BCUT2D eigenvalue weighted by Crippen LogP contribution is 2.20. The van der Waals surface area contributed by atoms with Crippen LogP contribution in [0.5, 0.6) is 0 Å². The molecule has 0 amide bonds. The number of rotatable bonds is 2. The summed E-state index contributed by atoms with van der Waals surface area (Å²) in [6.07, 6.45) is 2.05. The summed E-state index contributed by atoms with van der Waals surface area (Å²) in [5.74, 6) is 0.551. The van der Waals surface area contributed by atoms with Gasteiger partial charge >= 0.3 is 0 Å². The summed E-state index contributed by atoms with van der Waals surface area (Å²) in [6.45, 7) is 1.48. The first-order valence-electron chi connectivity index (χ1n) is 6.57. The predicted octanol–water partition coefficient (Wildman–Crippen LogP) is 0.580. The molecule has 2 aromatic rings. The minimum atomic E-state index is -0.809. The van der Waals surface area contributed by atoms with E-state index in [9.17, 15) is 9.90 Å². The normalized spacial score (nSPS) is 23.6. The van der Waals surface area contributed by atoms with Crippen molar-refractivity contribution in [2.24, 2.45) is 0 Å². The maximum atomic E-state index is 12.0. The Bertz CT molecular complexity index is 644. The summed E-state index contributed by atoms with van der Waals surface area (Å²) in [5.41, 5.74) is -0.280. The highest BCUT2D eigenvalue weighted by Gasteiger charge is 2.30. The van der Waals surface area contributed by atoms with Crippen molar-refractivity contribution >= 4 is 10.9 Å². The molecule has 3 rings (SSSR count). The van der Waals surface area contributed by atoms with E-state index in [1.54, 1.807) is 6.07 Å². The monoisotopic (exact) mass is 259 g/mol. The van der Waals surface area contributed by atoms with Crippen LogP contribution in [-0.4, -0.2) is 33.8 Å². The lowest BCUT2D eigenvalue weighted by Gasteiger charge is -2.32. The Kier molecular flexibility index (Phi) is 3.08. The second kappa shape index (κ2) is 4.75. The van der Waals surface area contributed by atoms with Gasteiger partial charge in [0, 0.05) is 13.0 Å². The van der Waals surface area contributed by atoms with E-state index >= 15 is 0 Å². The number of benzene rings is 1. The van der Waals surface area contributed by atoms with Gasteiger partial charge in [-0.1, -0.05) is 12.1 Å². The molecule has 5 nitrogen and oxygen atoms in total. The van der Waals surface area contributed by atoms with Gasteiger partial charge in [-0.3, -0.25) is 4.79 Å². The van der Waals surface area contributed by atoms with Crippen LogP contribution < -0.4 is 10.9 Å². The van der Waals surface area contributed by atoms with Crippen molar-refractivity contribution in [2.75, 3.05) is 13.1 Å². The van der Waals surface area contributed by atoms with Crippen molar-refractivity contribution in [1.82, 2.24) is 15.3 Å². The first-order valence-corrected chi connectivity index (χ1v) is 6.57. The minimum Gasteiger partial charge on any atom is -0.388 e. The van der Waals surface area contributed by atoms with Crippen molar-refractivity contribution in [1.29, 1.82) is 0 Å². The first kappa shape index (κ1) is 12.3. The molecule has 0 bridgehead atoms. The Labute approximate surface area is 110 Å². The lowest BCUT2D eigenvalue weighted by Crippen LogP contribution is -2.47. The number of piperidine rings is 1. The van der Waals surface area contributed by atoms with E-state index in [1.807, 2.05) is 18.2 Å². The van der Waals surface area contributed by atoms with Gasteiger partial charge in [0.1, 0.15) is 5.82 Å².